The summed E-state index contributed by atoms with van der Waals surface area (Å²) in [4.78, 5) is 18.1. The molecular formula is C19H16ClFN2O. The minimum atomic E-state index is -0.458. The van der Waals surface area contributed by atoms with Crippen molar-refractivity contribution in [3.8, 4) is 0 Å². The van der Waals surface area contributed by atoms with Crippen molar-refractivity contribution < 1.29 is 9.18 Å². The van der Waals surface area contributed by atoms with Crippen LogP contribution in [0.1, 0.15) is 11.1 Å². The van der Waals surface area contributed by atoms with E-state index < -0.39 is 5.82 Å². The molecule has 0 bridgehead atoms. The molecule has 122 valence electrons. The zero-order valence-corrected chi connectivity index (χ0v) is 13.9. The van der Waals surface area contributed by atoms with Gasteiger partial charge in [0.15, 0.2) is 0 Å². The van der Waals surface area contributed by atoms with E-state index in [1.807, 2.05) is 24.3 Å². The first-order valence-electron chi connectivity index (χ1n) is 7.54. The van der Waals surface area contributed by atoms with E-state index in [1.165, 1.54) is 12.1 Å². The Morgan fingerprint density at radius 2 is 2.00 bits per heavy atom. The first-order valence-corrected chi connectivity index (χ1v) is 7.92. The topological polar surface area (TPSA) is 33.2 Å². The van der Waals surface area contributed by atoms with Crippen molar-refractivity contribution in [3.63, 3.8) is 0 Å². The molecule has 0 atom stereocenters. The third kappa shape index (κ3) is 3.39. The van der Waals surface area contributed by atoms with E-state index in [9.17, 15) is 9.18 Å². The number of hydrogen-bond acceptors (Lipinski definition) is 2. The molecule has 0 N–H and O–H groups in total. The number of carbonyl (C=O) groups is 1. The van der Waals surface area contributed by atoms with Gasteiger partial charge in [0.1, 0.15) is 5.82 Å². The summed E-state index contributed by atoms with van der Waals surface area (Å²) in [5.74, 6) is -0.645. The zero-order chi connectivity index (χ0) is 17.1. The summed E-state index contributed by atoms with van der Waals surface area (Å²) in [5, 5.41) is 2.34. The number of fused-ring (bicyclic) bond motifs is 1. The van der Waals surface area contributed by atoms with E-state index in [2.05, 4.69) is 4.98 Å². The van der Waals surface area contributed by atoms with Crippen molar-refractivity contribution >= 4 is 28.3 Å². The molecule has 24 heavy (non-hydrogen) atoms. The van der Waals surface area contributed by atoms with E-state index in [1.54, 1.807) is 30.4 Å². The standard InChI is InChI=1S/C19H16ClFN2O/c1-23(19(24)10-16-17(20)6-3-7-18(16)21)12-14-5-2-4-13-11-22-9-8-15(13)14/h2-9,11H,10,12H2,1H3. The molecule has 3 aromatic rings. The van der Waals surface area contributed by atoms with Crippen LogP contribution in [-0.4, -0.2) is 22.8 Å². The average Bonchev–Trinajstić information content (AvgIpc) is 2.58. The van der Waals surface area contributed by atoms with Gasteiger partial charge in [-0.1, -0.05) is 35.9 Å². The van der Waals surface area contributed by atoms with Crippen LogP contribution in [0.15, 0.2) is 54.9 Å². The minimum Gasteiger partial charge on any atom is -0.341 e. The predicted molar refractivity (Wildman–Crippen MR) is 93.3 cm³/mol. The second-order valence-electron chi connectivity index (χ2n) is 5.64. The number of nitrogens with zero attached hydrogens (tertiary/aromatic N) is 2. The van der Waals surface area contributed by atoms with Gasteiger partial charge in [0.2, 0.25) is 5.91 Å². The normalized spacial score (nSPS) is 10.8. The molecule has 0 spiro atoms. The first-order chi connectivity index (χ1) is 11.6. The van der Waals surface area contributed by atoms with Crippen LogP contribution in [0.3, 0.4) is 0 Å². The fraction of sp³-hybridized carbons (Fsp3) is 0.158. The molecule has 0 saturated heterocycles. The van der Waals surface area contributed by atoms with Gasteiger partial charge < -0.3 is 4.90 Å². The number of likely N-dealkylation sites (N-methyl/N-ethyl adjacent to an activating group) is 1. The average molecular weight is 343 g/mol. The maximum absolute atomic E-state index is 13.8. The van der Waals surface area contributed by atoms with E-state index in [4.69, 9.17) is 11.6 Å². The van der Waals surface area contributed by atoms with Gasteiger partial charge in [-0.15, -0.1) is 0 Å². The predicted octanol–water partition coefficient (Wildman–Crippen LogP) is 4.23. The lowest BCUT2D eigenvalue weighted by Gasteiger charge is -2.19. The van der Waals surface area contributed by atoms with Crippen LogP contribution < -0.4 is 0 Å². The zero-order valence-electron chi connectivity index (χ0n) is 13.2. The maximum Gasteiger partial charge on any atom is 0.227 e. The van der Waals surface area contributed by atoms with Crippen LogP contribution in [0, 0.1) is 5.82 Å². The quantitative estimate of drug-likeness (QED) is 0.711. The molecule has 0 unspecified atom stereocenters. The third-order valence-electron chi connectivity index (χ3n) is 3.99. The fourth-order valence-corrected chi connectivity index (χ4v) is 2.89. The van der Waals surface area contributed by atoms with Crippen molar-refractivity contribution in [3.05, 3.63) is 76.8 Å². The summed E-state index contributed by atoms with van der Waals surface area (Å²) in [6.45, 7) is 0.437. The highest BCUT2D eigenvalue weighted by Gasteiger charge is 2.16. The van der Waals surface area contributed by atoms with Crippen LogP contribution >= 0.6 is 11.6 Å². The molecule has 3 rings (SSSR count). The van der Waals surface area contributed by atoms with Crippen LogP contribution in [-0.2, 0) is 17.8 Å². The molecule has 1 aromatic heterocycles. The Bertz CT molecular complexity index is 872. The Balaban J connectivity index is 1.79. The van der Waals surface area contributed by atoms with E-state index in [0.29, 0.717) is 6.54 Å². The monoisotopic (exact) mass is 342 g/mol. The number of hydrogen-bond donors (Lipinski definition) is 0. The molecule has 0 aliphatic heterocycles. The van der Waals surface area contributed by atoms with Crippen molar-refractivity contribution in [2.45, 2.75) is 13.0 Å². The summed E-state index contributed by atoms with van der Waals surface area (Å²) in [6, 6.07) is 12.2. The van der Waals surface area contributed by atoms with Crippen molar-refractivity contribution in [1.82, 2.24) is 9.88 Å². The lowest BCUT2D eigenvalue weighted by molar-refractivity contribution is -0.129. The summed E-state index contributed by atoms with van der Waals surface area (Å²) in [5.41, 5.74) is 1.25. The van der Waals surface area contributed by atoms with Crippen LogP contribution in [0.2, 0.25) is 5.02 Å². The largest absolute Gasteiger partial charge is 0.341 e. The third-order valence-corrected chi connectivity index (χ3v) is 4.35. The Morgan fingerprint density at radius 3 is 2.79 bits per heavy atom. The Morgan fingerprint density at radius 1 is 1.21 bits per heavy atom. The molecule has 1 heterocycles. The summed E-state index contributed by atoms with van der Waals surface area (Å²) >= 11 is 6.00. The summed E-state index contributed by atoms with van der Waals surface area (Å²) in [7, 11) is 1.71. The number of rotatable bonds is 4. The number of carbonyl (C=O) groups excluding carboxylic acids is 1. The highest BCUT2D eigenvalue weighted by Crippen LogP contribution is 2.22. The molecule has 5 heteroatoms. The fourth-order valence-electron chi connectivity index (χ4n) is 2.66. The number of pyridine rings is 1. The Kier molecular flexibility index (Phi) is 4.76. The molecule has 0 aliphatic rings. The van der Waals surface area contributed by atoms with Gasteiger partial charge >= 0.3 is 0 Å². The van der Waals surface area contributed by atoms with Gasteiger partial charge in [0.25, 0.3) is 0 Å². The smallest absolute Gasteiger partial charge is 0.227 e. The molecule has 1 amide bonds. The van der Waals surface area contributed by atoms with E-state index in [-0.39, 0.29) is 22.9 Å². The van der Waals surface area contributed by atoms with Crippen molar-refractivity contribution in [2.75, 3.05) is 7.05 Å². The van der Waals surface area contributed by atoms with E-state index in [0.717, 1.165) is 16.3 Å². The Labute approximate surface area is 144 Å². The second-order valence-corrected chi connectivity index (χ2v) is 6.05. The van der Waals surface area contributed by atoms with E-state index >= 15 is 0 Å². The summed E-state index contributed by atoms with van der Waals surface area (Å²) < 4.78 is 13.8. The lowest BCUT2D eigenvalue weighted by Crippen LogP contribution is -2.28. The van der Waals surface area contributed by atoms with Gasteiger partial charge in [-0.2, -0.15) is 0 Å². The molecule has 0 fully saturated rings. The van der Waals surface area contributed by atoms with Crippen LogP contribution in [0.5, 0.6) is 0 Å². The minimum absolute atomic E-state index is 0.0612. The van der Waals surface area contributed by atoms with Gasteiger partial charge in [-0.3, -0.25) is 9.78 Å². The second kappa shape index (κ2) is 6.97. The van der Waals surface area contributed by atoms with Gasteiger partial charge in [-0.05, 0) is 29.1 Å². The SMILES string of the molecule is CN(Cc1cccc2cnccc12)C(=O)Cc1c(F)cccc1Cl. The molecule has 0 radical (unpaired) electrons. The van der Waals surface area contributed by atoms with Crippen molar-refractivity contribution in [1.29, 1.82) is 0 Å². The summed E-state index contributed by atoms with van der Waals surface area (Å²) in [6.07, 6.45) is 3.46. The molecule has 0 saturated carbocycles. The van der Waals surface area contributed by atoms with Gasteiger partial charge in [0, 0.05) is 42.0 Å². The highest BCUT2D eigenvalue weighted by molar-refractivity contribution is 6.31. The number of halogens is 2. The lowest BCUT2D eigenvalue weighted by atomic mass is 10.1. The number of amides is 1. The van der Waals surface area contributed by atoms with Crippen LogP contribution in [0.25, 0.3) is 10.8 Å². The van der Waals surface area contributed by atoms with Crippen LogP contribution in [0.4, 0.5) is 4.39 Å². The highest BCUT2D eigenvalue weighted by atomic mass is 35.5. The Hall–Kier alpha value is -2.46. The molecular weight excluding hydrogens is 327 g/mol. The molecule has 0 aliphatic carbocycles. The number of aromatic nitrogens is 1. The number of benzene rings is 2. The van der Waals surface area contributed by atoms with Gasteiger partial charge in [0.05, 0.1) is 6.42 Å². The molecule has 2 aromatic carbocycles. The van der Waals surface area contributed by atoms with Crippen molar-refractivity contribution in [2.24, 2.45) is 0 Å². The molecule has 3 nitrogen and oxygen atoms in total. The first kappa shape index (κ1) is 16.4. The van der Waals surface area contributed by atoms with Gasteiger partial charge in [-0.25, -0.2) is 4.39 Å². The maximum atomic E-state index is 13.8.